The summed E-state index contributed by atoms with van der Waals surface area (Å²) in [4.78, 5) is 0. The molecule has 0 aliphatic heterocycles. The van der Waals surface area contributed by atoms with E-state index in [4.69, 9.17) is 0 Å². The summed E-state index contributed by atoms with van der Waals surface area (Å²) < 4.78 is 26.8. The minimum absolute atomic E-state index is 0.261. The monoisotopic (exact) mass is 360 g/mol. The number of aliphatic hydroxyl groups is 1. The highest BCUT2D eigenvalue weighted by atomic mass is 127. The smallest absolute Gasteiger partial charge is 0.159 e. The van der Waals surface area contributed by atoms with Crippen LogP contribution in [-0.4, -0.2) is 5.11 Å². The van der Waals surface area contributed by atoms with E-state index in [0.717, 1.165) is 21.3 Å². The Bertz CT molecular complexity index is 557. The van der Waals surface area contributed by atoms with Crippen molar-refractivity contribution in [2.24, 2.45) is 0 Å². The summed E-state index contributed by atoms with van der Waals surface area (Å²) in [6.45, 7) is 0. The molecule has 18 heavy (non-hydrogen) atoms. The molecule has 0 spiro atoms. The quantitative estimate of drug-likeness (QED) is 0.825. The first-order valence-corrected chi connectivity index (χ1v) is 6.51. The topological polar surface area (TPSA) is 20.2 Å². The van der Waals surface area contributed by atoms with E-state index in [1.54, 1.807) is 0 Å². The fourth-order valence-corrected chi connectivity index (χ4v) is 2.29. The Hall–Kier alpha value is -1.01. The summed E-state index contributed by atoms with van der Waals surface area (Å²) >= 11 is 2.16. The SMILES string of the molecule is OC(Cc1ccc(F)c(F)c1)c1cccc(I)c1. The van der Waals surface area contributed by atoms with Crippen LogP contribution >= 0.6 is 22.6 Å². The molecule has 1 nitrogen and oxygen atoms in total. The Morgan fingerprint density at radius 2 is 1.83 bits per heavy atom. The summed E-state index contributed by atoms with van der Waals surface area (Å²) in [7, 11) is 0. The minimum atomic E-state index is -0.887. The van der Waals surface area contributed by atoms with Gasteiger partial charge < -0.3 is 5.11 Å². The number of halogens is 3. The third-order valence-electron chi connectivity index (χ3n) is 2.65. The molecule has 0 radical (unpaired) electrons. The molecule has 0 bridgehead atoms. The van der Waals surface area contributed by atoms with E-state index >= 15 is 0 Å². The van der Waals surface area contributed by atoms with Gasteiger partial charge in [0.2, 0.25) is 0 Å². The Morgan fingerprint density at radius 1 is 1.06 bits per heavy atom. The zero-order valence-corrected chi connectivity index (χ0v) is 11.6. The van der Waals surface area contributed by atoms with E-state index in [2.05, 4.69) is 22.6 Å². The highest BCUT2D eigenvalue weighted by Gasteiger charge is 2.10. The van der Waals surface area contributed by atoms with Crippen molar-refractivity contribution in [1.82, 2.24) is 0 Å². The lowest BCUT2D eigenvalue weighted by molar-refractivity contribution is 0.178. The molecule has 2 aromatic rings. The molecule has 0 aliphatic rings. The van der Waals surface area contributed by atoms with Gasteiger partial charge in [-0.25, -0.2) is 8.78 Å². The van der Waals surface area contributed by atoms with Crippen molar-refractivity contribution in [3.05, 3.63) is 68.8 Å². The zero-order chi connectivity index (χ0) is 13.1. The van der Waals surface area contributed by atoms with Crippen LogP contribution in [0.5, 0.6) is 0 Å². The molecule has 0 aromatic heterocycles. The second kappa shape index (κ2) is 5.75. The van der Waals surface area contributed by atoms with Gasteiger partial charge in [0, 0.05) is 9.99 Å². The zero-order valence-electron chi connectivity index (χ0n) is 9.41. The number of hydrogen-bond donors (Lipinski definition) is 1. The lowest BCUT2D eigenvalue weighted by Gasteiger charge is -2.11. The lowest BCUT2D eigenvalue weighted by Crippen LogP contribution is -2.02. The molecule has 1 atom stereocenters. The maximum absolute atomic E-state index is 13.0. The van der Waals surface area contributed by atoms with Gasteiger partial charge in [-0.2, -0.15) is 0 Å². The fraction of sp³-hybridized carbons (Fsp3) is 0.143. The van der Waals surface area contributed by atoms with Gasteiger partial charge in [0.1, 0.15) is 0 Å². The van der Waals surface area contributed by atoms with Crippen molar-refractivity contribution < 1.29 is 13.9 Å². The molecule has 0 saturated heterocycles. The molecule has 4 heteroatoms. The van der Waals surface area contributed by atoms with Gasteiger partial charge in [0.25, 0.3) is 0 Å². The summed E-state index contributed by atoms with van der Waals surface area (Å²) in [5.74, 6) is -1.76. The Labute approximate surface area is 118 Å². The molecular formula is C14H11F2IO. The third kappa shape index (κ3) is 3.26. The number of hydrogen-bond acceptors (Lipinski definition) is 1. The number of aliphatic hydroxyl groups excluding tert-OH is 1. The average Bonchev–Trinajstić information content (AvgIpc) is 2.34. The molecule has 0 heterocycles. The standard InChI is InChI=1S/C14H11F2IO/c15-12-5-4-9(6-13(12)16)7-14(18)10-2-1-3-11(17)8-10/h1-6,8,14,18H,7H2. The van der Waals surface area contributed by atoms with Crippen LogP contribution in [0.1, 0.15) is 17.2 Å². The molecule has 1 N–H and O–H groups in total. The molecule has 0 fully saturated rings. The normalized spacial score (nSPS) is 12.4. The van der Waals surface area contributed by atoms with E-state index in [9.17, 15) is 13.9 Å². The van der Waals surface area contributed by atoms with E-state index in [-0.39, 0.29) is 6.42 Å². The molecule has 0 saturated carbocycles. The Balaban J connectivity index is 2.16. The van der Waals surface area contributed by atoms with Gasteiger partial charge in [0.05, 0.1) is 6.10 Å². The third-order valence-corrected chi connectivity index (χ3v) is 3.32. The van der Waals surface area contributed by atoms with Crippen molar-refractivity contribution in [3.8, 4) is 0 Å². The molecule has 1 unspecified atom stereocenters. The van der Waals surface area contributed by atoms with Gasteiger partial charge in [0.15, 0.2) is 11.6 Å². The minimum Gasteiger partial charge on any atom is -0.388 e. The summed E-state index contributed by atoms with van der Waals surface area (Å²) in [5.41, 5.74) is 1.34. The average molecular weight is 360 g/mol. The number of benzene rings is 2. The van der Waals surface area contributed by atoms with E-state index < -0.39 is 17.7 Å². The first-order chi connectivity index (χ1) is 8.56. The Kier molecular flexibility index (Phi) is 4.29. The molecule has 94 valence electrons. The first-order valence-electron chi connectivity index (χ1n) is 5.44. The van der Waals surface area contributed by atoms with Gasteiger partial charge in [-0.15, -0.1) is 0 Å². The van der Waals surface area contributed by atoms with E-state index in [1.165, 1.54) is 6.07 Å². The molecular weight excluding hydrogens is 349 g/mol. The van der Waals surface area contributed by atoms with Crippen molar-refractivity contribution in [3.63, 3.8) is 0 Å². The van der Waals surface area contributed by atoms with Crippen LogP contribution in [0.25, 0.3) is 0 Å². The summed E-state index contributed by atoms with van der Waals surface area (Å²) in [5, 5.41) is 10.0. The maximum Gasteiger partial charge on any atom is 0.159 e. The molecule has 2 rings (SSSR count). The summed E-state index contributed by atoms with van der Waals surface area (Å²) in [6.07, 6.45) is -0.457. The second-order valence-electron chi connectivity index (χ2n) is 4.02. The highest BCUT2D eigenvalue weighted by Crippen LogP contribution is 2.21. The fourth-order valence-electron chi connectivity index (χ4n) is 1.72. The largest absolute Gasteiger partial charge is 0.388 e. The molecule has 0 amide bonds. The van der Waals surface area contributed by atoms with Gasteiger partial charge >= 0.3 is 0 Å². The van der Waals surface area contributed by atoms with Crippen LogP contribution in [0.3, 0.4) is 0 Å². The van der Waals surface area contributed by atoms with Crippen molar-refractivity contribution in [2.45, 2.75) is 12.5 Å². The van der Waals surface area contributed by atoms with Gasteiger partial charge in [-0.3, -0.25) is 0 Å². The van der Waals surface area contributed by atoms with Crippen molar-refractivity contribution >= 4 is 22.6 Å². The lowest BCUT2D eigenvalue weighted by atomic mass is 10.0. The predicted molar refractivity (Wildman–Crippen MR) is 74.2 cm³/mol. The first kappa shape index (κ1) is 13.4. The second-order valence-corrected chi connectivity index (χ2v) is 5.27. The van der Waals surface area contributed by atoms with Crippen LogP contribution in [0, 0.1) is 15.2 Å². The summed E-state index contributed by atoms with van der Waals surface area (Å²) in [6, 6.07) is 11.1. The van der Waals surface area contributed by atoms with E-state index in [1.807, 2.05) is 24.3 Å². The Morgan fingerprint density at radius 3 is 2.50 bits per heavy atom. The number of rotatable bonds is 3. The van der Waals surface area contributed by atoms with Crippen molar-refractivity contribution in [1.29, 1.82) is 0 Å². The van der Waals surface area contributed by atoms with Crippen LogP contribution in [0.15, 0.2) is 42.5 Å². The van der Waals surface area contributed by atoms with Crippen LogP contribution < -0.4 is 0 Å². The highest BCUT2D eigenvalue weighted by molar-refractivity contribution is 14.1. The maximum atomic E-state index is 13.0. The van der Waals surface area contributed by atoms with Crippen LogP contribution in [-0.2, 0) is 6.42 Å². The predicted octanol–water partition coefficient (Wildman–Crippen LogP) is 3.85. The molecule has 2 aromatic carbocycles. The van der Waals surface area contributed by atoms with Crippen LogP contribution in [0.2, 0.25) is 0 Å². The molecule has 0 aliphatic carbocycles. The van der Waals surface area contributed by atoms with E-state index in [0.29, 0.717) is 5.56 Å². The van der Waals surface area contributed by atoms with Gasteiger partial charge in [-0.05, 0) is 58.0 Å². The van der Waals surface area contributed by atoms with Crippen molar-refractivity contribution in [2.75, 3.05) is 0 Å². The van der Waals surface area contributed by atoms with Crippen LogP contribution in [0.4, 0.5) is 8.78 Å². The van der Waals surface area contributed by atoms with Gasteiger partial charge in [-0.1, -0.05) is 18.2 Å².